The molecule has 2 saturated heterocycles. The molecule has 4 aliphatic carbocycles. The van der Waals surface area contributed by atoms with E-state index < -0.39 is 48.7 Å². The van der Waals surface area contributed by atoms with Crippen LogP contribution < -0.4 is 0 Å². The molecule has 0 radical (unpaired) electrons. The van der Waals surface area contributed by atoms with E-state index in [0.29, 0.717) is 103 Å². The van der Waals surface area contributed by atoms with Crippen molar-refractivity contribution in [3.8, 4) is 0 Å². The number of hydrogen-bond acceptors (Lipinski definition) is 20. The number of esters is 6. The van der Waals surface area contributed by atoms with Crippen LogP contribution in [-0.4, -0.2) is 137 Å². The van der Waals surface area contributed by atoms with Crippen molar-refractivity contribution < 1.29 is 95.2 Å². The van der Waals surface area contributed by atoms with Crippen LogP contribution in [0.3, 0.4) is 0 Å². The van der Waals surface area contributed by atoms with Gasteiger partial charge in [-0.2, -0.15) is 0 Å². The molecule has 66 heavy (non-hydrogen) atoms. The van der Waals surface area contributed by atoms with Crippen LogP contribution in [0.15, 0.2) is 25.3 Å². The molecule has 0 bridgehead atoms. The molecule has 366 valence electrons. The summed E-state index contributed by atoms with van der Waals surface area (Å²) in [6.07, 6.45) is 4.39. The lowest BCUT2D eigenvalue weighted by molar-refractivity contribution is -0.164. The van der Waals surface area contributed by atoms with Crippen molar-refractivity contribution >= 4 is 48.1 Å². The molecule has 20 heteroatoms. The molecule has 4 saturated carbocycles. The second-order valence-electron chi connectivity index (χ2n) is 17.5. The van der Waals surface area contributed by atoms with Gasteiger partial charge < -0.3 is 56.8 Å². The first-order chi connectivity index (χ1) is 31.9. The van der Waals surface area contributed by atoms with Gasteiger partial charge in [0.2, 0.25) is 0 Å². The van der Waals surface area contributed by atoms with Crippen LogP contribution in [0.5, 0.6) is 0 Å². The van der Waals surface area contributed by atoms with Crippen LogP contribution in [0.25, 0.3) is 0 Å². The summed E-state index contributed by atoms with van der Waals surface area (Å²) in [5.41, 5.74) is 0. The molecule has 6 fully saturated rings. The van der Waals surface area contributed by atoms with Gasteiger partial charge in [-0.05, 0) is 103 Å². The SMILES string of the molecule is C=CC(=O)OCCOC(=O)OC1CCC(C(=O)OC2CCC(C(=O)OC3COC4C(OC(=O)C5CCC(OC(=O)C6CCC(OC(=O)OCCOC(=O)C=C)CC6)CC5)COC34)CC2)CC1. The highest BCUT2D eigenvalue weighted by Gasteiger charge is 2.52. The Bertz CT molecular complexity index is 1590. The standard InChI is InChI=1S/C46H62O20/c1-3-37(47)55-21-23-57-45(53)63-33-17-9-27(10-18-33)41(49)61-31-13-5-29(6-14-31)43(51)65-35-25-59-40-36(26-60-39(35)40)66-44(52)30-7-15-32(16-8-30)62-42(50)28-11-19-34(20-12-28)64-46(54)58-24-22-56-38(48)4-2/h3-4,27-36,39-40H,1-2,5-26H2. The van der Waals surface area contributed by atoms with Crippen molar-refractivity contribution in [1.29, 1.82) is 0 Å². The Labute approximate surface area is 382 Å². The largest absolute Gasteiger partial charge is 0.508 e. The molecule has 4 atom stereocenters. The Kier molecular flexibility index (Phi) is 19.0. The van der Waals surface area contributed by atoms with Crippen molar-refractivity contribution in [1.82, 2.24) is 0 Å². The molecule has 0 aromatic heterocycles. The zero-order chi connectivity index (χ0) is 47.0. The Hall–Kier alpha value is -5.24. The molecule has 0 aromatic carbocycles. The first-order valence-corrected chi connectivity index (χ1v) is 23.2. The number of carbonyl (C=O) groups excluding carboxylic acids is 8. The summed E-state index contributed by atoms with van der Waals surface area (Å²) < 4.78 is 65.2. The van der Waals surface area contributed by atoms with Crippen molar-refractivity contribution in [2.45, 2.75) is 152 Å². The lowest BCUT2D eigenvalue weighted by Gasteiger charge is -2.31. The van der Waals surface area contributed by atoms with Gasteiger partial charge in [0.15, 0.2) is 12.2 Å². The van der Waals surface area contributed by atoms with Gasteiger partial charge in [-0.25, -0.2) is 19.2 Å². The Balaban J connectivity index is 0.802. The zero-order valence-corrected chi connectivity index (χ0v) is 37.2. The Morgan fingerprint density at radius 2 is 0.652 bits per heavy atom. The summed E-state index contributed by atoms with van der Waals surface area (Å²) in [7, 11) is 0. The van der Waals surface area contributed by atoms with E-state index in [1.807, 2.05) is 0 Å². The van der Waals surface area contributed by atoms with Gasteiger partial charge in [0.05, 0.1) is 36.9 Å². The predicted molar refractivity (Wildman–Crippen MR) is 222 cm³/mol. The minimum absolute atomic E-state index is 0.109. The monoisotopic (exact) mass is 934 g/mol. The highest BCUT2D eigenvalue weighted by molar-refractivity contribution is 5.81. The highest BCUT2D eigenvalue weighted by atomic mass is 16.7. The fraction of sp³-hybridized carbons (Fsp3) is 0.739. The van der Waals surface area contributed by atoms with Gasteiger partial charge >= 0.3 is 48.1 Å². The molecular weight excluding hydrogens is 872 g/mol. The average Bonchev–Trinajstić information content (AvgIpc) is 3.92. The highest BCUT2D eigenvalue weighted by Crippen LogP contribution is 2.36. The first-order valence-electron chi connectivity index (χ1n) is 23.2. The average molecular weight is 935 g/mol. The maximum absolute atomic E-state index is 13.2. The van der Waals surface area contributed by atoms with Gasteiger partial charge in [0.1, 0.15) is 63.1 Å². The van der Waals surface area contributed by atoms with E-state index in [2.05, 4.69) is 13.2 Å². The molecule has 0 spiro atoms. The van der Waals surface area contributed by atoms with E-state index in [0.717, 1.165) is 12.2 Å². The molecular formula is C46H62O20. The maximum Gasteiger partial charge on any atom is 0.508 e. The molecule has 20 nitrogen and oxygen atoms in total. The third-order valence-corrected chi connectivity index (χ3v) is 13.0. The van der Waals surface area contributed by atoms with Crippen molar-refractivity contribution in [3.05, 3.63) is 25.3 Å². The zero-order valence-electron chi connectivity index (χ0n) is 37.2. The fourth-order valence-corrected chi connectivity index (χ4v) is 9.30. The summed E-state index contributed by atoms with van der Waals surface area (Å²) in [5, 5.41) is 0. The van der Waals surface area contributed by atoms with Crippen LogP contribution in [0.1, 0.15) is 103 Å². The quantitative estimate of drug-likeness (QED) is 0.0782. The molecule has 0 amide bonds. The summed E-state index contributed by atoms with van der Waals surface area (Å²) in [5.74, 6) is -3.94. The van der Waals surface area contributed by atoms with Crippen LogP contribution >= 0.6 is 0 Å². The van der Waals surface area contributed by atoms with Gasteiger partial charge in [-0.3, -0.25) is 19.2 Å². The van der Waals surface area contributed by atoms with Crippen molar-refractivity contribution in [2.24, 2.45) is 23.7 Å². The van der Waals surface area contributed by atoms with Gasteiger partial charge in [0.25, 0.3) is 0 Å². The van der Waals surface area contributed by atoms with E-state index in [9.17, 15) is 38.4 Å². The van der Waals surface area contributed by atoms with Gasteiger partial charge in [-0.1, -0.05) is 13.2 Å². The van der Waals surface area contributed by atoms with E-state index in [1.165, 1.54) is 0 Å². The molecule has 2 aliphatic heterocycles. The summed E-state index contributed by atoms with van der Waals surface area (Å²) in [6.45, 7) is 6.27. The molecule has 4 unspecified atom stereocenters. The lowest BCUT2D eigenvalue weighted by Crippen LogP contribution is -2.39. The number of carbonyl (C=O) groups is 8. The molecule has 0 aromatic rings. The summed E-state index contributed by atoms with van der Waals surface area (Å²) >= 11 is 0. The Morgan fingerprint density at radius 3 is 0.955 bits per heavy atom. The van der Waals surface area contributed by atoms with E-state index >= 15 is 0 Å². The van der Waals surface area contributed by atoms with Gasteiger partial charge in [-0.15, -0.1) is 0 Å². The molecule has 6 aliphatic rings. The fourth-order valence-electron chi connectivity index (χ4n) is 9.30. The number of ether oxygens (including phenoxy) is 12. The second kappa shape index (κ2) is 25.0. The molecule has 0 N–H and O–H groups in total. The van der Waals surface area contributed by atoms with Crippen LogP contribution in [0.4, 0.5) is 9.59 Å². The topological polar surface area (TPSA) is 247 Å². The minimum atomic E-state index is -0.864. The van der Waals surface area contributed by atoms with E-state index in [4.69, 9.17) is 56.8 Å². The first kappa shape index (κ1) is 50.2. The lowest BCUT2D eigenvalue weighted by atomic mass is 9.86. The Morgan fingerprint density at radius 1 is 0.379 bits per heavy atom. The number of fused-ring (bicyclic) bond motifs is 1. The summed E-state index contributed by atoms with van der Waals surface area (Å²) in [6, 6.07) is 0. The second-order valence-corrected chi connectivity index (χ2v) is 17.5. The smallest absolute Gasteiger partial charge is 0.462 e. The predicted octanol–water partition coefficient (Wildman–Crippen LogP) is 4.69. The van der Waals surface area contributed by atoms with E-state index in [1.54, 1.807) is 0 Å². The van der Waals surface area contributed by atoms with Crippen molar-refractivity contribution in [3.63, 3.8) is 0 Å². The number of rotatable bonds is 18. The molecule has 2 heterocycles. The number of hydrogen-bond donors (Lipinski definition) is 0. The van der Waals surface area contributed by atoms with Crippen molar-refractivity contribution in [2.75, 3.05) is 39.6 Å². The minimum Gasteiger partial charge on any atom is -0.462 e. The van der Waals surface area contributed by atoms with Crippen LogP contribution in [0, 0.1) is 23.7 Å². The summed E-state index contributed by atoms with van der Waals surface area (Å²) in [4.78, 5) is 98.4. The van der Waals surface area contributed by atoms with E-state index in [-0.39, 0.29) is 112 Å². The third-order valence-electron chi connectivity index (χ3n) is 13.0. The maximum atomic E-state index is 13.2. The third kappa shape index (κ3) is 14.9. The molecule has 6 rings (SSSR count). The van der Waals surface area contributed by atoms with Crippen LogP contribution in [0.2, 0.25) is 0 Å². The van der Waals surface area contributed by atoms with Crippen LogP contribution in [-0.2, 0) is 85.6 Å². The van der Waals surface area contributed by atoms with Gasteiger partial charge in [0, 0.05) is 12.2 Å². The normalized spacial score (nSPS) is 31.6.